The minimum atomic E-state index is -1.35. The number of hydrogen-bond donors (Lipinski definition) is 2. The smallest absolute Gasteiger partial charge is 0.313 e. The number of amides is 3. The number of carbonyl (C=O) groups is 4. The molecule has 2 fully saturated rings. The number of cyclic esters (lactones) is 1. The van der Waals surface area contributed by atoms with Gasteiger partial charge in [0.15, 0.2) is 0 Å². The minimum Gasteiger partial charge on any atom is -0.455 e. The second-order valence-electron chi connectivity index (χ2n) is 11.5. The largest absolute Gasteiger partial charge is 0.455 e. The minimum absolute atomic E-state index is 0.0332. The van der Waals surface area contributed by atoms with Gasteiger partial charge in [-0.1, -0.05) is 58.4 Å². The molecule has 42 heavy (non-hydrogen) atoms. The average Bonchev–Trinajstić information content (AvgIpc) is 3.55. The summed E-state index contributed by atoms with van der Waals surface area (Å²) in [5.41, 5.74) is -0.636. The number of unbranched alkanes of at least 4 members (excludes halogenated alkanes) is 1. The maximum atomic E-state index is 14.4. The van der Waals surface area contributed by atoms with Gasteiger partial charge in [0, 0.05) is 36.6 Å². The van der Waals surface area contributed by atoms with Crippen LogP contribution in [0.15, 0.2) is 53.0 Å². The molecule has 0 unspecified atom stereocenters. The van der Waals surface area contributed by atoms with Crippen LogP contribution in [-0.4, -0.2) is 88.6 Å². The molecule has 2 saturated heterocycles. The van der Waals surface area contributed by atoms with Crippen molar-refractivity contribution in [1.29, 1.82) is 0 Å². The first-order valence-corrected chi connectivity index (χ1v) is 15.4. The average molecular weight is 645 g/mol. The molecule has 4 aliphatic rings. The molecule has 1 aromatic rings. The summed E-state index contributed by atoms with van der Waals surface area (Å²) in [6.45, 7) is 4.40. The fourth-order valence-electron chi connectivity index (χ4n) is 6.54. The Labute approximate surface area is 254 Å². The van der Waals surface area contributed by atoms with Gasteiger partial charge in [-0.3, -0.25) is 19.2 Å². The first kappa shape index (κ1) is 30.4. The molecule has 0 saturated carbocycles. The third-order valence-corrected chi connectivity index (χ3v) is 9.25. The van der Waals surface area contributed by atoms with Gasteiger partial charge < -0.3 is 29.7 Å². The lowest BCUT2D eigenvalue weighted by molar-refractivity contribution is -0.160. The van der Waals surface area contributed by atoms with Crippen LogP contribution < -0.4 is 5.32 Å². The van der Waals surface area contributed by atoms with Crippen molar-refractivity contribution >= 4 is 39.6 Å². The molecule has 5 rings (SSSR count). The van der Waals surface area contributed by atoms with E-state index in [0.717, 1.165) is 0 Å². The first-order valence-electron chi connectivity index (χ1n) is 14.6. The van der Waals surface area contributed by atoms with E-state index in [2.05, 4.69) is 21.2 Å². The lowest BCUT2D eigenvalue weighted by atomic mass is 9.74. The van der Waals surface area contributed by atoms with Crippen molar-refractivity contribution in [3.8, 4) is 0 Å². The van der Waals surface area contributed by atoms with E-state index in [9.17, 15) is 24.3 Å². The molecule has 4 aliphatic heterocycles. The number of likely N-dealkylation sites (tertiary alicyclic amines) is 1. The van der Waals surface area contributed by atoms with Crippen LogP contribution in [0.25, 0.3) is 0 Å². The number of halogens is 1. The third-order valence-electron chi connectivity index (χ3n) is 8.57. The molecule has 3 amide bonds. The Bertz CT molecular complexity index is 1270. The van der Waals surface area contributed by atoms with Crippen molar-refractivity contribution < 1.29 is 33.8 Å². The zero-order valence-corrected chi connectivity index (χ0v) is 25.5. The highest BCUT2D eigenvalue weighted by molar-refractivity contribution is 9.11. The van der Waals surface area contributed by atoms with Gasteiger partial charge in [0.25, 0.3) is 0 Å². The highest BCUT2D eigenvalue weighted by Crippen LogP contribution is 2.59. The quantitative estimate of drug-likeness (QED) is 0.277. The topological polar surface area (TPSA) is 125 Å². The number of nitrogens with zero attached hydrogens (tertiary/aromatic N) is 2. The summed E-state index contributed by atoms with van der Waals surface area (Å²) in [6.07, 6.45) is 5.66. The number of nitrogens with one attached hydrogen (secondary N) is 1. The van der Waals surface area contributed by atoms with Crippen molar-refractivity contribution in [2.75, 3.05) is 26.2 Å². The van der Waals surface area contributed by atoms with E-state index in [1.807, 2.05) is 56.3 Å². The molecule has 11 heteroatoms. The van der Waals surface area contributed by atoms with E-state index < -0.39 is 41.7 Å². The zero-order chi connectivity index (χ0) is 30.0. The maximum Gasteiger partial charge on any atom is 0.313 e. The van der Waals surface area contributed by atoms with Gasteiger partial charge in [0.05, 0.1) is 12.5 Å². The molecule has 0 aliphatic carbocycles. The van der Waals surface area contributed by atoms with Gasteiger partial charge in [0.2, 0.25) is 17.7 Å². The standard InChI is InChI=1S/C31H38BrN3O7/c1-19(2)34-14-8-4-7-13-23(37)33-18-22(20-11-5-3-6-12-20)41-30(40)24-25-28(38)35(15-9-10-16-36)27(29(34)39)31(25)17-21(32)26(24)42-31/h3-6,8,11-12,17,19,22,24-27,36H,7,9-10,13-16,18H2,1-2H3,(H,33,37)/b8-4-/t22-,24-,25+,26-,27-,31+/m1/s1. The lowest BCUT2D eigenvalue weighted by Gasteiger charge is -2.37. The second kappa shape index (κ2) is 12.7. The summed E-state index contributed by atoms with van der Waals surface area (Å²) in [5, 5.41) is 12.3. The SMILES string of the molecule is CC(C)N1C/C=C\CCC(=O)NC[C@H](c2ccccc2)OC(=O)[C@H]2[C@@H]3O[C@@]4(C=C3Br)[C@@H]2C(=O)N(CCCCO)[C@@H]4C1=O. The van der Waals surface area contributed by atoms with Gasteiger partial charge in [-0.2, -0.15) is 0 Å². The molecule has 0 radical (unpaired) electrons. The summed E-state index contributed by atoms with van der Waals surface area (Å²) < 4.78 is 13.2. The van der Waals surface area contributed by atoms with Crippen molar-refractivity contribution in [2.24, 2.45) is 11.8 Å². The number of aliphatic hydroxyl groups excluding tert-OH is 1. The van der Waals surface area contributed by atoms with Crippen LogP contribution in [0.2, 0.25) is 0 Å². The summed E-state index contributed by atoms with van der Waals surface area (Å²) in [5.74, 6) is -3.35. The highest BCUT2D eigenvalue weighted by atomic mass is 79.9. The van der Waals surface area contributed by atoms with Crippen LogP contribution in [0, 0.1) is 11.8 Å². The van der Waals surface area contributed by atoms with E-state index >= 15 is 0 Å². The predicted molar refractivity (Wildman–Crippen MR) is 157 cm³/mol. The van der Waals surface area contributed by atoms with Gasteiger partial charge in [-0.05, 0) is 44.7 Å². The number of allylic oxidation sites excluding steroid dienone is 1. The van der Waals surface area contributed by atoms with Crippen molar-refractivity contribution in [2.45, 2.75) is 69.4 Å². The van der Waals surface area contributed by atoms with E-state index in [4.69, 9.17) is 9.47 Å². The molecular formula is C31H38BrN3O7. The van der Waals surface area contributed by atoms with Crippen molar-refractivity contribution in [3.63, 3.8) is 0 Å². The van der Waals surface area contributed by atoms with Crippen molar-refractivity contribution in [1.82, 2.24) is 15.1 Å². The molecule has 1 aromatic carbocycles. The molecule has 4 heterocycles. The third kappa shape index (κ3) is 5.54. The Morgan fingerprint density at radius 1 is 1.10 bits per heavy atom. The Kier molecular flexibility index (Phi) is 9.20. The number of hydrogen-bond acceptors (Lipinski definition) is 7. The molecule has 6 atom stereocenters. The number of ether oxygens (including phenoxy) is 2. The Morgan fingerprint density at radius 3 is 2.57 bits per heavy atom. The first-order chi connectivity index (χ1) is 20.2. The summed E-state index contributed by atoms with van der Waals surface area (Å²) in [4.78, 5) is 58.4. The van der Waals surface area contributed by atoms with E-state index in [0.29, 0.717) is 35.9 Å². The normalized spacial score (nSPS) is 32.6. The summed E-state index contributed by atoms with van der Waals surface area (Å²) >= 11 is 3.57. The molecule has 1 spiro atoms. The Morgan fingerprint density at radius 2 is 1.86 bits per heavy atom. The highest BCUT2D eigenvalue weighted by Gasteiger charge is 2.74. The predicted octanol–water partition coefficient (Wildman–Crippen LogP) is 2.62. The number of carbonyl (C=O) groups excluding carboxylic acids is 4. The number of aliphatic hydroxyl groups is 1. The number of benzene rings is 1. The number of fused-ring (bicyclic) bond motifs is 2. The van der Waals surface area contributed by atoms with Crippen LogP contribution >= 0.6 is 15.9 Å². The maximum absolute atomic E-state index is 14.4. The molecule has 0 aromatic heterocycles. The van der Waals surface area contributed by atoms with Crippen LogP contribution in [0.5, 0.6) is 0 Å². The Balaban J connectivity index is 1.57. The summed E-state index contributed by atoms with van der Waals surface area (Å²) in [7, 11) is 0. The second-order valence-corrected chi connectivity index (χ2v) is 12.4. The van der Waals surface area contributed by atoms with Crippen LogP contribution in [0.1, 0.15) is 51.2 Å². The van der Waals surface area contributed by atoms with Crippen LogP contribution in [0.3, 0.4) is 0 Å². The van der Waals surface area contributed by atoms with Gasteiger partial charge in [0.1, 0.15) is 29.8 Å². The Hall–Kier alpha value is -3.02. The monoisotopic (exact) mass is 643 g/mol. The number of esters is 1. The molecule has 2 N–H and O–H groups in total. The molecule has 226 valence electrons. The van der Waals surface area contributed by atoms with E-state index in [1.165, 1.54) is 0 Å². The number of rotatable bonds is 6. The molecule has 5 bridgehead atoms. The zero-order valence-electron chi connectivity index (χ0n) is 23.9. The van der Waals surface area contributed by atoms with Crippen molar-refractivity contribution in [3.05, 3.63) is 58.6 Å². The summed E-state index contributed by atoms with van der Waals surface area (Å²) in [6, 6.07) is 7.98. The van der Waals surface area contributed by atoms with Gasteiger partial charge in [-0.15, -0.1) is 0 Å². The van der Waals surface area contributed by atoms with E-state index in [1.54, 1.807) is 15.9 Å². The molecule has 10 nitrogen and oxygen atoms in total. The van der Waals surface area contributed by atoms with Gasteiger partial charge >= 0.3 is 5.97 Å². The lowest BCUT2D eigenvalue weighted by Crippen LogP contribution is -2.57. The van der Waals surface area contributed by atoms with Gasteiger partial charge in [-0.25, -0.2) is 0 Å². The van der Waals surface area contributed by atoms with Crippen LogP contribution in [0.4, 0.5) is 0 Å². The van der Waals surface area contributed by atoms with Crippen LogP contribution in [-0.2, 0) is 28.7 Å². The molecular weight excluding hydrogens is 606 g/mol. The fourth-order valence-corrected chi connectivity index (χ4v) is 7.28. The van der Waals surface area contributed by atoms with E-state index in [-0.39, 0.29) is 49.9 Å². The fraction of sp³-hybridized carbons (Fsp3) is 0.548.